The first kappa shape index (κ1) is 16.9. The Balaban J connectivity index is 1.82. The average Bonchev–Trinajstić information content (AvgIpc) is 3.14. The first-order chi connectivity index (χ1) is 12.2. The third-order valence-electron chi connectivity index (χ3n) is 3.76. The summed E-state index contributed by atoms with van der Waals surface area (Å²) in [6, 6.07) is 16.7. The Bertz CT molecular complexity index is 936. The monoisotopic (exact) mass is 349 g/mol. The fraction of sp³-hybridized carbons (Fsp3) is 0.100. The molecule has 2 aromatic carbocycles. The number of rotatable bonds is 5. The topological polar surface area (TPSA) is 48.7 Å². The molecule has 0 saturated carbocycles. The second kappa shape index (κ2) is 7.73. The molecular weight excluding hydrogens is 333 g/mol. The molecule has 0 radical (unpaired) electrons. The summed E-state index contributed by atoms with van der Waals surface area (Å²) in [6.45, 7) is 2.11. The predicted molar refractivity (Wildman–Crippen MR) is 101 cm³/mol. The number of nitrogens with zero attached hydrogens (tertiary/aromatic N) is 2. The summed E-state index contributed by atoms with van der Waals surface area (Å²) >= 11 is 1.39. The van der Waals surface area contributed by atoms with Gasteiger partial charge in [-0.25, -0.2) is 9.37 Å². The van der Waals surface area contributed by atoms with Gasteiger partial charge in [0.2, 0.25) is 0 Å². The summed E-state index contributed by atoms with van der Waals surface area (Å²) in [6.07, 6.45) is 2.48. The molecule has 0 saturated heterocycles. The van der Waals surface area contributed by atoms with E-state index in [1.54, 1.807) is 18.2 Å². The van der Waals surface area contributed by atoms with Crippen molar-refractivity contribution >= 4 is 22.6 Å². The van der Waals surface area contributed by atoms with Gasteiger partial charge in [0.1, 0.15) is 22.5 Å². The molecule has 0 bridgehead atoms. The predicted octanol–water partition coefficient (Wildman–Crippen LogP) is 5.49. The number of nitrogens with one attached hydrogen (secondary N) is 1. The van der Waals surface area contributed by atoms with Crippen LogP contribution >= 0.6 is 11.3 Å². The van der Waals surface area contributed by atoms with Crippen LogP contribution in [0.5, 0.6) is 0 Å². The fourth-order valence-corrected chi connectivity index (χ4v) is 3.11. The summed E-state index contributed by atoms with van der Waals surface area (Å²) in [4.78, 5) is 4.54. The van der Waals surface area contributed by atoms with E-state index in [0.29, 0.717) is 16.3 Å². The van der Waals surface area contributed by atoms with Gasteiger partial charge in [-0.2, -0.15) is 5.26 Å². The van der Waals surface area contributed by atoms with Crippen LogP contribution in [0.15, 0.2) is 60.1 Å². The standard InChI is InChI=1S/C20H16FN3S/c1-2-14-7-9-15(10-8-14)19-13-25-20(24-19)16(11-22)12-23-18-6-4-3-5-17(18)21/h3-10,12-13,23H,2H2,1H3/b16-12+. The van der Waals surface area contributed by atoms with E-state index in [1.165, 1.54) is 29.2 Å². The molecule has 0 aliphatic rings. The molecule has 0 unspecified atom stereocenters. The summed E-state index contributed by atoms with van der Waals surface area (Å²) < 4.78 is 13.6. The number of hydrogen-bond acceptors (Lipinski definition) is 4. The number of hydrogen-bond donors (Lipinski definition) is 1. The number of allylic oxidation sites excluding steroid dienone is 1. The number of aromatic nitrogens is 1. The first-order valence-electron chi connectivity index (χ1n) is 7.88. The Kier molecular flexibility index (Phi) is 5.22. The van der Waals surface area contributed by atoms with Crippen molar-refractivity contribution in [1.29, 1.82) is 5.26 Å². The Morgan fingerprint density at radius 3 is 2.68 bits per heavy atom. The van der Waals surface area contributed by atoms with E-state index in [1.807, 2.05) is 17.5 Å². The third-order valence-corrected chi connectivity index (χ3v) is 4.63. The average molecular weight is 349 g/mol. The molecule has 1 heterocycles. The molecule has 25 heavy (non-hydrogen) atoms. The number of thiazole rings is 1. The van der Waals surface area contributed by atoms with Gasteiger partial charge >= 0.3 is 0 Å². The number of nitriles is 1. The van der Waals surface area contributed by atoms with Crippen molar-refractivity contribution in [2.24, 2.45) is 0 Å². The lowest BCUT2D eigenvalue weighted by Gasteiger charge is -2.02. The maximum Gasteiger partial charge on any atom is 0.146 e. The van der Waals surface area contributed by atoms with Crippen LogP contribution in [-0.2, 0) is 6.42 Å². The van der Waals surface area contributed by atoms with Gasteiger partial charge in [-0.05, 0) is 24.1 Å². The van der Waals surface area contributed by atoms with Gasteiger partial charge in [0.05, 0.1) is 11.4 Å². The molecule has 0 fully saturated rings. The van der Waals surface area contributed by atoms with Crippen LogP contribution in [-0.4, -0.2) is 4.98 Å². The lowest BCUT2D eigenvalue weighted by atomic mass is 10.1. The highest BCUT2D eigenvalue weighted by atomic mass is 32.1. The summed E-state index contributed by atoms with van der Waals surface area (Å²) in [7, 11) is 0. The Morgan fingerprint density at radius 2 is 2.00 bits per heavy atom. The van der Waals surface area contributed by atoms with Crippen molar-refractivity contribution in [2.45, 2.75) is 13.3 Å². The molecule has 1 N–H and O–H groups in total. The van der Waals surface area contributed by atoms with E-state index < -0.39 is 0 Å². The lowest BCUT2D eigenvalue weighted by molar-refractivity contribution is 0.632. The maximum absolute atomic E-state index is 13.6. The molecular formula is C20H16FN3S. The third kappa shape index (κ3) is 3.93. The van der Waals surface area contributed by atoms with E-state index in [4.69, 9.17) is 0 Å². The molecule has 3 rings (SSSR count). The SMILES string of the molecule is CCc1ccc(-c2csc(/C(C#N)=C/Nc3ccccc3F)n2)cc1. The molecule has 1 aromatic heterocycles. The molecule has 0 aliphatic carbocycles. The second-order valence-electron chi connectivity index (χ2n) is 5.38. The molecule has 3 nitrogen and oxygen atoms in total. The van der Waals surface area contributed by atoms with Crippen molar-refractivity contribution in [3.05, 3.63) is 76.5 Å². The van der Waals surface area contributed by atoms with Crippen molar-refractivity contribution in [3.63, 3.8) is 0 Å². The fourth-order valence-electron chi connectivity index (χ4n) is 2.31. The van der Waals surface area contributed by atoms with Gasteiger partial charge in [-0.3, -0.25) is 0 Å². The highest BCUT2D eigenvalue weighted by molar-refractivity contribution is 7.11. The van der Waals surface area contributed by atoms with E-state index in [0.717, 1.165) is 17.7 Å². The van der Waals surface area contributed by atoms with Crippen LogP contribution in [0, 0.1) is 17.1 Å². The Morgan fingerprint density at radius 1 is 1.24 bits per heavy atom. The Hall–Kier alpha value is -2.97. The summed E-state index contributed by atoms with van der Waals surface area (Å²) in [5, 5.41) is 14.7. The zero-order chi connectivity index (χ0) is 17.6. The van der Waals surface area contributed by atoms with Gasteiger partial charge in [0.15, 0.2) is 0 Å². The zero-order valence-electron chi connectivity index (χ0n) is 13.7. The van der Waals surface area contributed by atoms with E-state index in [2.05, 4.69) is 35.4 Å². The minimum Gasteiger partial charge on any atom is -0.358 e. The molecule has 0 aliphatic heterocycles. The Labute approximate surface area is 150 Å². The molecule has 0 spiro atoms. The van der Waals surface area contributed by atoms with Crippen LogP contribution in [0.1, 0.15) is 17.5 Å². The zero-order valence-corrected chi connectivity index (χ0v) is 14.5. The maximum atomic E-state index is 13.6. The second-order valence-corrected chi connectivity index (χ2v) is 6.24. The highest BCUT2D eigenvalue weighted by Gasteiger charge is 2.09. The van der Waals surface area contributed by atoms with Gasteiger partial charge < -0.3 is 5.32 Å². The minimum atomic E-state index is -0.369. The summed E-state index contributed by atoms with van der Waals surface area (Å²) in [5.41, 5.74) is 3.80. The normalized spacial score (nSPS) is 11.2. The van der Waals surface area contributed by atoms with Gasteiger partial charge in [-0.1, -0.05) is 43.3 Å². The van der Waals surface area contributed by atoms with Gasteiger partial charge in [-0.15, -0.1) is 11.3 Å². The number of halogens is 1. The van der Waals surface area contributed by atoms with E-state index in [-0.39, 0.29) is 5.82 Å². The van der Waals surface area contributed by atoms with Gasteiger partial charge in [0, 0.05) is 17.1 Å². The van der Waals surface area contributed by atoms with Crippen molar-refractivity contribution < 1.29 is 4.39 Å². The van der Waals surface area contributed by atoms with Crippen LogP contribution in [0.3, 0.4) is 0 Å². The lowest BCUT2D eigenvalue weighted by Crippen LogP contribution is -1.93. The van der Waals surface area contributed by atoms with Crippen LogP contribution in [0.4, 0.5) is 10.1 Å². The van der Waals surface area contributed by atoms with Gasteiger partial charge in [0.25, 0.3) is 0 Å². The van der Waals surface area contributed by atoms with Crippen LogP contribution < -0.4 is 5.32 Å². The molecule has 0 amide bonds. The van der Waals surface area contributed by atoms with Crippen LogP contribution in [0.2, 0.25) is 0 Å². The van der Waals surface area contributed by atoms with Crippen LogP contribution in [0.25, 0.3) is 16.8 Å². The molecule has 0 atom stereocenters. The molecule has 5 heteroatoms. The van der Waals surface area contributed by atoms with E-state index >= 15 is 0 Å². The first-order valence-corrected chi connectivity index (χ1v) is 8.75. The number of benzene rings is 2. The molecule has 3 aromatic rings. The number of para-hydroxylation sites is 1. The van der Waals surface area contributed by atoms with Crippen molar-refractivity contribution in [1.82, 2.24) is 4.98 Å². The quantitative estimate of drug-likeness (QED) is 0.620. The van der Waals surface area contributed by atoms with Crippen molar-refractivity contribution in [3.8, 4) is 17.3 Å². The van der Waals surface area contributed by atoms with Crippen molar-refractivity contribution in [2.75, 3.05) is 5.32 Å². The summed E-state index contributed by atoms with van der Waals surface area (Å²) in [5.74, 6) is -0.369. The smallest absolute Gasteiger partial charge is 0.146 e. The molecule has 124 valence electrons. The number of aryl methyl sites for hydroxylation is 1. The largest absolute Gasteiger partial charge is 0.358 e. The number of anilines is 1. The highest BCUT2D eigenvalue weighted by Crippen LogP contribution is 2.26. The van der Waals surface area contributed by atoms with E-state index in [9.17, 15) is 9.65 Å². The minimum absolute atomic E-state index is 0.321.